The molecule has 1 amide bonds. The topological polar surface area (TPSA) is 150 Å². The number of aliphatic carboxylic acids is 1. The number of benzene rings is 1. The number of rotatable bonds is 11. The molecule has 1 fully saturated rings. The Balaban J connectivity index is 1.79. The van der Waals surface area contributed by atoms with E-state index in [1.807, 2.05) is 37.3 Å². The molecule has 11 heteroatoms. The molecule has 210 valence electrons. The molecule has 0 spiro atoms. The number of amides is 1. The van der Waals surface area contributed by atoms with Gasteiger partial charge in [-0.1, -0.05) is 29.8 Å². The molecule has 0 saturated heterocycles. The highest BCUT2D eigenvalue weighted by Gasteiger charge is 2.37. The van der Waals surface area contributed by atoms with Crippen LogP contribution in [0.3, 0.4) is 0 Å². The summed E-state index contributed by atoms with van der Waals surface area (Å²) in [4.78, 5) is 29.1. The van der Waals surface area contributed by atoms with Crippen molar-refractivity contribution < 1.29 is 32.6 Å². The first-order valence-electron chi connectivity index (χ1n) is 12.9. The van der Waals surface area contributed by atoms with E-state index in [1.165, 1.54) is 25.2 Å². The van der Waals surface area contributed by atoms with Crippen molar-refractivity contribution in [2.24, 2.45) is 5.41 Å². The van der Waals surface area contributed by atoms with E-state index in [1.54, 1.807) is 0 Å². The number of hydrogen-bond donors (Lipinski definition) is 3. The first-order chi connectivity index (χ1) is 18.3. The Hall–Kier alpha value is -3.44. The van der Waals surface area contributed by atoms with Crippen LogP contribution >= 0.6 is 0 Å². The lowest BCUT2D eigenvalue weighted by Crippen LogP contribution is -2.38. The molecule has 0 radical (unpaired) electrons. The summed E-state index contributed by atoms with van der Waals surface area (Å²) in [6.45, 7) is 4.82. The first-order valence-corrected chi connectivity index (χ1v) is 14.8. The summed E-state index contributed by atoms with van der Waals surface area (Å²) < 4.78 is 33.2. The van der Waals surface area contributed by atoms with Crippen LogP contribution in [0.1, 0.15) is 66.9 Å². The third-order valence-corrected chi connectivity index (χ3v) is 8.49. The number of fused-ring (bicyclic) bond motifs is 1. The van der Waals surface area contributed by atoms with Gasteiger partial charge in [-0.2, -0.15) is 4.98 Å². The standard InChI is InChI=1S/C28H35N3O7S/c1-16-8-10-18(11-9-16)23-22(25(33)29-4)20-15-19(17-12-13-17)24(30-26(20)38-23)31(39(5,36)37)14-6-7-21(32)28(2,3)27(34)35/h8-11,15,17,21,32H,6-7,12-14H2,1-5H3,(H,29,33)(H,34,35). The highest BCUT2D eigenvalue weighted by molar-refractivity contribution is 7.92. The van der Waals surface area contributed by atoms with Crippen LogP contribution in [-0.2, 0) is 14.8 Å². The number of nitrogens with one attached hydrogen (secondary N) is 1. The normalized spacial score (nSPS) is 14.8. The third-order valence-electron chi connectivity index (χ3n) is 7.34. The maximum Gasteiger partial charge on any atom is 0.311 e. The molecule has 3 aromatic rings. The van der Waals surface area contributed by atoms with Crippen LogP contribution in [0.5, 0.6) is 0 Å². The largest absolute Gasteiger partial charge is 0.481 e. The summed E-state index contributed by atoms with van der Waals surface area (Å²) in [5.74, 6) is -0.802. The number of nitrogens with zero attached hydrogens (tertiary/aromatic N) is 2. The quantitative estimate of drug-likeness (QED) is 0.319. The summed E-state index contributed by atoms with van der Waals surface area (Å²) in [6, 6.07) is 9.34. The van der Waals surface area contributed by atoms with Crippen molar-refractivity contribution in [3.05, 3.63) is 47.0 Å². The Labute approximate surface area is 228 Å². The molecule has 1 aliphatic carbocycles. The third kappa shape index (κ3) is 5.79. The maximum absolute atomic E-state index is 13.0. The molecular formula is C28H35N3O7S. The van der Waals surface area contributed by atoms with Crippen molar-refractivity contribution >= 4 is 38.8 Å². The number of aliphatic hydroxyl groups excluding tert-OH is 1. The number of hydrogen-bond acceptors (Lipinski definition) is 7. The summed E-state index contributed by atoms with van der Waals surface area (Å²) in [5, 5.41) is 23.0. The Morgan fingerprint density at radius 2 is 1.87 bits per heavy atom. The lowest BCUT2D eigenvalue weighted by atomic mass is 9.84. The van der Waals surface area contributed by atoms with Gasteiger partial charge in [-0.3, -0.25) is 13.9 Å². The van der Waals surface area contributed by atoms with Crippen molar-refractivity contribution in [3.8, 4) is 11.3 Å². The van der Waals surface area contributed by atoms with E-state index in [2.05, 4.69) is 10.3 Å². The van der Waals surface area contributed by atoms with E-state index < -0.39 is 27.5 Å². The zero-order valence-electron chi connectivity index (χ0n) is 22.8. The average molecular weight is 558 g/mol. The smallest absolute Gasteiger partial charge is 0.311 e. The van der Waals surface area contributed by atoms with E-state index in [0.717, 1.165) is 24.7 Å². The van der Waals surface area contributed by atoms with Crippen LogP contribution < -0.4 is 9.62 Å². The molecular weight excluding hydrogens is 522 g/mol. The van der Waals surface area contributed by atoms with Gasteiger partial charge >= 0.3 is 5.97 Å². The van der Waals surface area contributed by atoms with Gasteiger partial charge in [0.05, 0.1) is 28.7 Å². The zero-order chi connectivity index (χ0) is 28.7. The second kappa shape index (κ2) is 10.6. The number of aromatic nitrogens is 1. The van der Waals surface area contributed by atoms with Gasteiger partial charge in [0.2, 0.25) is 15.7 Å². The Kier molecular flexibility index (Phi) is 7.77. The molecule has 1 aliphatic rings. The highest BCUT2D eigenvalue weighted by atomic mass is 32.2. The summed E-state index contributed by atoms with van der Waals surface area (Å²) >= 11 is 0. The molecule has 4 rings (SSSR count). The van der Waals surface area contributed by atoms with E-state index in [4.69, 9.17) is 4.42 Å². The molecule has 2 heterocycles. The molecule has 1 saturated carbocycles. The van der Waals surface area contributed by atoms with Crippen LogP contribution in [-0.4, -0.2) is 61.4 Å². The lowest BCUT2D eigenvalue weighted by molar-refractivity contribution is -0.153. The van der Waals surface area contributed by atoms with E-state index in [9.17, 15) is 28.2 Å². The minimum absolute atomic E-state index is 0.00233. The Morgan fingerprint density at radius 1 is 1.23 bits per heavy atom. The number of furan rings is 1. The maximum atomic E-state index is 13.0. The fraction of sp³-hybridized carbons (Fsp3) is 0.464. The molecule has 0 aliphatic heterocycles. The summed E-state index contributed by atoms with van der Waals surface area (Å²) in [7, 11) is -2.26. The minimum Gasteiger partial charge on any atom is -0.481 e. The number of carbonyl (C=O) groups excluding carboxylic acids is 1. The van der Waals surface area contributed by atoms with Crippen molar-refractivity contribution in [1.82, 2.24) is 10.3 Å². The predicted octanol–water partition coefficient (Wildman–Crippen LogP) is 4.06. The van der Waals surface area contributed by atoms with Crippen molar-refractivity contribution in [2.45, 2.75) is 58.5 Å². The highest BCUT2D eigenvalue weighted by Crippen LogP contribution is 2.47. The summed E-state index contributed by atoms with van der Waals surface area (Å²) in [5.41, 5.74) is 1.56. The van der Waals surface area contributed by atoms with Crippen molar-refractivity contribution in [3.63, 3.8) is 0 Å². The molecule has 0 bridgehead atoms. The number of carboxylic acid groups (broad SMARTS) is 1. The minimum atomic E-state index is -3.79. The Morgan fingerprint density at radius 3 is 2.41 bits per heavy atom. The monoisotopic (exact) mass is 557 g/mol. The fourth-order valence-electron chi connectivity index (χ4n) is 4.54. The van der Waals surface area contributed by atoms with Crippen LogP contribution in [0.4, 0.5) is 5.82 Å². The zero-order valence-corrected chi connectivity index (χ0v) is 23.6. The Bertz CT molecular complexity index is 1510. The first kappa shape index (κ1) is 28.6. The van der Waals surface area contributed by atoms with E-state index >= 15 is 0 Å². The number of carboxylic acids is 1. The number of pyridine rings is 1. The second-order valence-electron chi connectivity index (χ2n) is 10.8. The van der Waals surface area contributed by atoms with Crippen LogP contribution in [0.15, 0.2) is 34.7 Å². The van der Waals surface area contributed by atoms with Gasteiger partial charge in [0.15, 0.2) is 0 Å². The predicted molar refractivity (Wildman–Crippen MR) is 148 cm³/mol. The van der Waals surface area contributed by atoms with E-state index in [0.29, 0.717) is 27.8 Å². The van der Waals surface area contributed by atoms with Crippen LogP contribution in [0.2, 0.25) is 0 Å². The molecule has 39 heavy (non-hydrogen) atoms. The van der Waals surface area contributed by atoms with Crippen molar-refractivity contribution in [2.75, 3.05) is 24.2 Å². The molecule has 1 atom stereocenters. The fourth-order valence-corrected chi connectivity index (χ4v) is 5.46. The SMILES string of the molecule is CNC(=O)c1c(-c2ccc(C)cc2)oc2nc(N(CCCC(O)C(C)(C)C(=O)O)S(C)(=O)=O)c(C3CC3)cc12. The number of aryl methyl sites for hydroxylation is 1. The lowest BCUT2D eigenvalue weighted by Gasteiger charge is -2.28. The number of carbonyl (C=O) groups is 2. The van der Waals surface area contributed by atoms with Gasteiger partial charge in [-0.05, 0) is 64.0 Å². The van der Waals surface area contributed by atoms with Gasteiger partial charge < -0.3 is 19.9 Å². The molecule has 1 aromatic carbocycles. The second-order valence-corrected chi connectivity index (χ2v) is 12.7. The van der Waals surface area contributed by atoms with Gasteiger partial charge in [-0.25, -0.2) is 8.42 Å². The van der Waals surface area contributed by atoms with Crippen molar-refractivity contribution in [1.29, 1.82) is 0 Å². The van der Waals surface area contributed by atoms with Crippen LogP contribution in [0.25, 0.3) is 22.4 Å². The van der Waals surface area contributed by atoms with Gasteiger partial charge in [0, 0.05) is 19.2 Å². The average Bonchev–Trinajstić information content (AvgIpc) is 3.65. The molecule has 3 N–H and O–H groups in total. The van der Waals surface area contributed by atoms with Gasteiger partial charge in [0.25, 0.3) is 5.91 Å². The molecule has 2 aromatic heterocycles. The molecule has 1 unspecified atom stereocenters. The number of anilines is 1. The number of aliphatic hydroxyl groups is 1. The summed E-state index contributed by atoms with van der Waals surface area (Å²) in [6.07, 6.45) is 1.95. The van der Waals surface area contributed by atoms with Gasteiger partial charge in [0.1, 0.15) is 11.6 Å². The molecule has 10 nitrogen and oxygen atoms in total. The van der Waals surface area contributed by atoms with E-state index in [-0.39, 0.29) is 42.7 Å². The van der Waals surface area contributed by atoms with Crippen LogP contribution in [0, 0.1) is 12.3 Å². The van der Waals surface area contributed by atoms with Gasteiger partial charge in [-0.15, -0.1) is 0 Å². The number of sulfonamides is 1.